The van der Waals surface area contributed by atoms with Crippen molar-refractivity contribution in [3.8, 4) is 11.5 Å². The van der Waals surface area contributed by atoms with E-state index in [2.05, 4.69) is 0 Å². The summed E-state index contributed by atoms with van der Waals surface area (Å²) in [7, 11) is 1.49. The molecule has 0 atom stereocenters. The largest absolute Gasteiger partial charge is 0.733 e. The number of rotatable bonds is 9. The number of fused-ring (bicyclic) bond motifs is 1. The molecule has 1 heterocycles. The second-order valence-corrected chi connectivity index (χ2v) is 7.42. The van der Waals surface area contributed by atoms with Crippen molar-refractivity contribution in [1.82, 2.24) is 0 Å². The van der Waals surface area contributed by atoms with Crippen LogP contribution >= 0.6 is 0 Å². The van der Waals surface area contributed by atoms with Crippen LogP contribution in [0.3, 0.4) is 0 Å². The van der Waals surface area contributed by atoms with Crippen molar-refractivity contribution in [3.05, 3.63) is 68.2 Å². The molecule has 0 amide bonds. The molecular weight excluding hydrogens is 430 g/mol. The monoisotopic (exact) mass is 456 g/mol. The summed E-state index contributed by atoms with van der Waals surface area (Å²) in [5.41, 5.74) is 2.31. The second kappa shape index (κ2) is 10.4. The zero-order chi connectivity index (χ0) is 24.1. The highest BCUT2D eigenvalue weighted by molar-refractivity contribution is 5.85. The van der Waals surface area contributed by atoms with E-state index in [4.69, 9.17) is 23.8 Å². The lowest BCUT2D eigenvalue weighted by atomic mass is 10.0. The molecule has 0 aliphatic carbocycles. The Morgan fingerprint density at radius 1 is 1.15 bits per heavy atom. The fourth-order valence-corrected chi connectivity index (χ4v) is 3.63. The Morgan fingerprint density at radius 3 is 2.55 bits per heavy atom. The molecule has 33 heavy (non-hydrogen) atoms. The lowest BCUT2D eigenvalue weighted by Gasteiger charge is -2.23. The van der Waals surface area contributed by atoms with Crippen molar-refractivity contribution in [2.75, 3.05) is 18.9 Å². The van der Waals surface area contributed by atoms with E-state index in [1.165, 1.54) is 19.2 Å². The molecule has 0 fully saturated rings. The number of ether oxygens (including phenoxy) is 3. The molecule has 1 N–H and O–H groups in total. The van der Waals surface area contributed by atoms with Gasteiger partial charge in [0.2, 0.25) is 0 Å². The van der Waals surface area contributed by atoms with E-state index in [0.29, 0.717) is 33.8 Å². The Bertz CT molecular complexity index is 1220. The molecule has 0 spiro atoms. The molecule has 3 aromatic rings. The van der Waals surface area contributed by atoms with Crippen molar-refractivity contribution in [2.24, 2.45) is 0 Å². The maximum atomic E-state index is 12.6. The molecule has 0 radical (unpaired) electrons. The van der Waals surface area contributed by atoms with Gasteiger partial charge in [-0.25, -0.2) is 4.79 Å². The summed E-state index contributed by atoms with van der Waals surface area (Å²) >= 11 is 0. The Balaban J connectivity index is 1.89. The third-order valence-corrected chi connectivity index (χ3v) is 5.41. The number of hydrogen-bond acceptors (Lipinski definition) is 9. The summed E-state index contributed by atoms with van der Waals surface area (Å²) in [6.07, 6.45) is 0.332. The molecular formula is C24H26NO8-. The first-order valence-corrected chi connectivity index (χ1v) is 10.4. The van der Waals surface area contributed by atoms with Gasteiger partial charge in [-0.2, -0.15) is 0 Å². The van der Waals surface area contributed by atoms with Crippen molar-refractivity contribution in [1.29, 1.82) is 0 Å². The van der Waals surface area contributed by atoms with Gasteiger partial charge in [0, 0.05) is 28.5 Å². The summed E-state index contributed by atoms with van der Waals surface area (Å²) in [6.45, 7) is 5.67. The molecule has 1 aromatic heterocycles. The summed E-state index contributed by atoms with van der Waals surface area (Å²) in [6, 6.07) is 8.01. The van der Waals surface area contributed by atoms with Crippen LogP contribution in [0.4, 0.5) is 5.69 Å². The molecule has 2 aromatic carbocycles. The van der Waals surface area contributed by atoms with Crippen LogP contribution in [-0.4, -0.2) is 24.9 Å². The van der Waals surface area contributed by atoms with E-state index in [1.54, 1.807) is 32.0 Å². The van der Waals surface area contributed by atoms with Crippen LogP contribution in [0, 0.1) is 19.1 Å². The van der Waals surface area contributed by atoms with Crippen LogP contribution < -0.4 is 20.3 Å². The summed E-state index contributed by atoms with van der Waals surface area (Å²) < 4.78 is 21.7. The highest BCUT2D eigenvalue weighted by Gasteiger charge is 2.17. The standard InChI is InChI=1S/C24H26NO8/c1-5-31-22(26)11-8-19-14(2)18-7-10-20(15(3)23(18)33-24(19)27)32-13-16-12-17(25(28)29)6-9-21(16)30-4/h6-7,9-10,12,28H,5,8,11,13H2,1-4H3/q-1. The summed E-state index contributed by atoms with van der Waals surface area (Å²) in [5, 5.41) is 20.9. The first-order valence-electron chi connectivity index (χ1n) is 10.4. The number of anilines is 1. The van der Waals surface area contributed by atoms with E-state index < -0.39 is 5.63 Å². The number of hydrogen-bond donors (Lipinski definition) is 1. The SMILES string of the molecule is CCOC(=O)CCc1c(C)c2ccc(OCc3cc(N([O-])O)ccc3OC)c(C)c2oc1=O. The minimum absolute atomic E-state index is 0.0432. The van der Waals surface area contributed by atoms with Crippen molar-refractivity contribution in [3.63, 3.8) is 0 Å². The molecule has 0 aliphatic heterocycles. The van der Waals surface area contributed by atoms with Gasteiger partial charge >= 0.3 is 11.6 Å². The zero-order valence-electron chi connectivity index (χ0n) is 19.0. The Hall–Kier alpha value is -3.56. The molecule has 0 aliphatic rings. The van der Waals surface area contributed by atoms with Crippen molar-refractivity contribution >= 4 is 22.6 Å². The quantitative estimate of drug-likeness (QED) is 0.287. The molecule has 176 valence electrons. The van der Waals surface area contributed by atoms with Crippen LogP contribution in [0.25, 0.3) is 11.0 Å². The average molecular weight is 456 g/mol. The molecule has 0 saturated carbocycles. The summed E-state index contributed by atoms with van der Waals surface area (Å²) in [5.74, 6) is 0.615. The van der Waals surface area contributed by atoms with Gasteiger partial charge in [-0.15, -0.1) is 0 Å². The predicted molar refractivity (Wildman–Crippen MR) is 122 cm³/mol. The van der Waals surface area contributed by atoms with Crippen molar-refractivity contribution in [2.45, 2.75) is 40.2 Å². The Labute approximate surface area is 190 Å². The minimum atomic E-state index is -0.502. The van der Waals surface area contributed by atoms with Gasteiger partial charge < -0.3 is 29.1 Å². The van der Waals surface area contributed by atoms with Gasteiger partial charge in [-0.05, 0) is 63.1 Å². The molecule has 0 bridgehead atoms. The first-order chi connectivity index (χ1) is 15.8. The maximum Gasteiger partial charge on any atom is 0.339 e. The summed E-state index contributed by atoms with van der Waals surface area (Å²) in [4.78, 5) is 24.3. The third kappa shape index (κ3) is 5.27. The molecule has 9 heteroatoms. The fraction of sp³-hybridized carbons (Fsp3) is 0.333. The first kappa shape index (κ1) is 24.1. The lowest BCUT2D eigenvalue weighted by Crippen LogP contribution is -2.14. The highest BCUT2D eigenvalue weighted by atomic mass is 16.8. The van der Waals surface area contributed by atoms with E-state index in [0.717, 1.165) is 10.9 Å². The average Bonchev–Trinajstić information content (AvgIpc) is 2.78. The van der Waals surface area contributed by atoms with Crippen LogP contribution in [0.1, 0.15) is 35.6 Å². The Kier molecular flexibility index (Phi) is 7.57. The van der Waals surface area contributed by atoms with Crippen LogP contribution in [0.2, 0.25) is 0 Å². The lowest BCUT2D eigenvalue weighted by molar-refractivity contribution is -0.143. The molecule has 9 nitrogen and oxygen atoms in total. The smallest absolute Gasteiger partial charge is 0.339 e. The second-order valence-electron chi connectivity index (χ2n) is 7.42. The number of benzene rings is 2. The van der Waals surface area contributed by atoms with Gasteiger partial charge in [0.15, 0.2) is 0 Å². The van der Waals surface area contributed by atoms with Gasteiger partial charge in [0.05, 0.1) is 19.4 Å². The van der Waals surface area contributed by atoms with Gasteiger partial charge in [-0.3, -0.25) is 10.0 Å². The highest BCUT2D eigenvalue weighted by Crippen LogP contribution is 2.31. The number of esters is 1. The van der Waals surface area contributed by atoms with Crippen LogP contribution in [-0.2, 0) is 22.6 Å². The number of aryl methyl sites for hydroxylation is 2. The topological polar surface area (TPSA) is 122 Å². The van der Waals surface area contributed by atoms with E-state index in [1.807, 2.05) is 6.92 Å². The van der Waals surface area contributed by atoms with Gasteiger partial charge in [0.25, 0.3) is 0 Å². The molecule has 3 rings (SSSR count). The predicted octanol–water partition coefficient (Wildman–Crippen LogP) is 4.19. The van der Waals surface area contributed by atoms with Crippen LogP contribution in [0.5, 0.6) is 11.5 Å². The van der Waals surface area contributed by atoms with E-state index in [9.17, 15) is 14.8 Å². The number of methoxy groups -OCH3 is 1. The zero-order valence-corrected chi connectivity index (χ0v) is 19.0. The minimum Gasteiger partial charge on any atom is -0.733 e. The molecule has 0 saturated heterocycles. The van der Waals surface area contributed by atoms with Gasteiger partial charge in [0.1, 0.15) is 23.7 Å². The van der Waals surface area contributed by atoms with E-state index >= 15 is 0 Å². The van der Waals surface area contributed by atoms with Crippen molar-refractivity contribution < 1.29 is 28.6 Å². The van der Waals surface area contributed by atoms with Gasteiger partial charge in [-0.1, -0.05) is 0 Å². The van der Waals surface area contributed by atoms with Crippen LogP contribution in [0.15, 0.2) is 39.5 Å². The number of carbonyl (C=O) groups is 1. The number of nitrogens with zero attached hydrogens (tertiary/aromatic N) is 1. The number of carbonyl (C=O) groups excluding carboxylic acids is 1. The normalized spacial score (nSPS) is 10.8. The molecule has 0 unspecified atom stereocenters. The fourth-order valence-electron chi connectivity index (χ4n) is 3.63. The Morgan fingerprint density at radius 2 is 1.88 bits per heavy atom. The maximum absolute atomic E-state index is 12.6. The third-order valence-electron chi connectivity index (χ3n) is 5.41. The van der Waals surface area contributed by atoms with E-state index in [-0.39, 0.29) is 42.9 Å².